The van der Waals surface area contributed by atoms with Crippen LogP contribution in [0, 0.1) is 5.92 Å². The zero-order chi connectivity index (χ0) is 13.2. The van der Waals surface area contributed by atoms with Gasteiger partial charge in [0.25, 0.3) is 0 Å². The van der Waals surface area contributed by atoms with Crippen molar-refractivity contribution in [2.45, 2.75) is 19.4 Å². The molecule has 0 unspecified atom stereocenters. The summed E-state index contributed by atoms with van der Waals surface area (Å²) in [6.45, 7) is 2.24. The van der Waals surface area contributed by atoms with Crippen LogP contribution in [-0.4, -0.2) is 7.11 Å². The predicted octanol–water partition coefficient (Wildman–Crippen LogP) is 4.01. The fourth-order valence-electron chi connectivity index (χ4n) is 2.70. The summed E-state index contributed by atoms with van der Waals surface area (Å²) in [7, 11) is 1.70. The summed E-state index contributed by atoms with van der Waals surface area (Å²) in [6, 6.07) is 16.5. The molecule has 0 amide bonds. The third-order valence-electron chi connectivity index (χ3n) is 3.71. The van der Waals surface area contributed by atoms with Gasteiger partial charge in [-0.25, -0.2) is 0 Å². The highest BCUT2D eigenvalue weighted by Gasteiger charge is 2.28. The molecule has 0 aliphatic carbocycles. The summed E-state index contributed by atoms with van der Waals surface area (Å²) in [5.74, 6) is 2.34. The molecule has 19 heavy (non-hydrogen) atoms. The molecule has 0 fully saturated rings. The van der Waals surface area contributed by atoms with E-state index in [4.69, 9.17) is 9.47 Å². The van der Waals surface area contributed by atoms with Crippen molar-refractivity contribution < 1.29 is 9.47 Å². The molecule has 2 aromatic rings. The lowest BCUT2D eigenvalue weighted by atomic mass is 9.88. The van der Waals surface area contributed by atoms with Crippen LogP contribution in [0.15, 0.2) is 48.5 Å². The van der Waals surface area contributed by atoms with Gasteiger partial charge in [-0.3, -0.25) is 0 Å². The van der Waals surface area contributed by atoms with E-state index in [9.17, 15) is 0 Å². The molecular formula is C17H18O2. The van der Waals surface area contributed by atoms with E-state index in [0.717, 1.165) is 17.9 Å². The van der Waals surface area contributed by atoms with Crippen LogP contribution in [-0.2, 0) is 6.42 Å². The van der Waals surface area contributed by atoms with Crippen molar-refractivity contribution in [3.05, 3.63) is 59.7 Å². The van der Waals surface area contributed by atoms with Crippen LogP contribution >= 0.6 is 0 Å². The van der Waals surface area contributed by atoms with Crippen molar-refractivity contribution in [3.63, 3.8) is 0 Å². The Morgan fingerprint density at radius 2 is 1.89 bits per heavy atom. The van der Waals surface area contributed by atoms with Gasteiger partial charge in [-0.2, -0.15) is 0 Å². The molecule has 2 nitrogen and oxygen atoms in total. The molecule has 0 saturated heterocycles. The van der Waals surface area contributed by atoms with Gasteiger partial charge in [-0.05, 0) is 35.7 Å². The zero-order valence-corrected chi connectivity index (χ0v) is 11.3. The van der Waals surface area contributed by atoms with Crippen molar-refractivity contribution >= 4 is 0 Å². The number of hydrogen-bond acceptors (Lipinski definition) is 2. The highest BCUT2D eigenvalue weighted by Crippen LogP contribution is 2.39. The molecule has 2 aromatic carbocycles. The lowest BCUT2D eigenvalue weighted by Crippen LogP contribution is -2.23. The number of rotatable bonds is 2. The van der Waals surface area contributed by atoms with E-state index in [-0.39, 0.29) is 6.10 Å². The summed E-state index contributed by atoms with van der Waals surface area (Å²) in [5, 5.41) is 0. The van der Waals surface area contributed by atoms with Gasteiger partial charge in [-0.1, -0.05) is 37.3 Å². The molecular weight excluding hydrogens is 236 g/mol. The van der Waals surface area contributed by atoms with Gasteiger partial charge >= 0.3 is 0 Å². The largest absolute Gasteiger partial charge is 0.497 e. The Hall–Kier alpha value is -1.96. The van der Waals surface area contributed by atoms with Crippen LogP contribution in [0.3, 0.4) is 0 Å². The summed E-state index contributed by atoms with van der Waals surface area (Å²) in [6.07, 6.45) is 1.16. The number of methoxy groups -OCH3 is 1. The van der Waals surface area contributed by atoms with Crippen molar-refractivity contribution in [2.75, 3.05) is 7.11 Å². The van der Waals surface area contributed by atoms with E-state index in [2.05, 4.69) is 37.3 Å². The second-order valence-electron chi connectivity index (χ2n) is 5.10. The highest BCUT2D eigenvalue weighted by molar-refractivity contribution is 5.42. The zero-order valence-electron chi connectivity index (χ0n) is 11.3. The van der Waals surface area contributed by atoms with Gasteiger partial charge < -0.3 is 9.47 Å². The van der Waals surface area contributed by atoms with Gasteiger partial charge in [0.2, 0.25) is 0 Å². The summed E-state index contributed by atoms with van der Waals surface area (Å²) in [4.78, 5) is 0. The lowest BCUT2D eigenvalue weighted by molar-refractivity contribution is 0.123. The maximum absolute atomic E-state index is 6.17. The number of fused-ring (bicyclic) bond motifs is 1. The number of hydrogen-bond donors (Lipinski definition) is 0. The lowest BCUT2D eigenvalue weighted by Gasteiger charge is -2.32. The summed E-state index contributed by atoms with van der Waals surface area (Å²) >= 11 is 0. The molecule has 0 N–H and O–H groups in total. The van der Waals surface area contributed by atoms with Gasteiger partial charge in [0.1, 0.15) is 17.6 Å². The maximum atomic E-state index is 6.17. The Morgan fingerprint density at radius 3 is 2.63 bits per heavy atom. The minimum Gasteiger partial charge on any atom is -0.497 e. The summed E-state index contributed by atoms with van der Waals surface area (Å²) < 4.78 is 11.4. The fourth-order valence-corrected chi connectivity index (χ4v) is 2.70. The Morgan fingerprint density at radius 1 is 1.11 bits per heavy atom. The monoisotopic (exact) mass is 254 g/mol. The van der Waals surface area contributed by atoms with Gasteiger partial charge in [0.15, 0.2) is 0 Å². The molecule has 0 radical (unpaired) electrons. The van der Waals surface area contributed by atoms with E-state index >= 15 is 0 Å². The van der Waals surface area contributed by atoms with Crippen LogP contribution < -0.4 is 9.47 Å². The summed E-state index contributed by atoms with van der Waals surface area (Å²) in [5.41, 5.74) is 2.48. The van der Waals surface area contributed by atoms with Gasteiger partial charge in [0.05, 0.1) is 7.11 Å². The van der Waals surface area contributed by atoms with E-state index in [1.54, 1.807) is 7.11 Å². The van der Waals surface area contributed by atoms with Crippen LogP contribution in [0.25, 0.3) is 0 Å². The molecule has 98 valence electrons. The third kappa shape index (κ3) is 2.30. The Bertz CT molecular complexity index is 563. The molecule has 2 atom stereocenters. The number of ether oxygens (including phenoxy) is 2. The SMILES string of the molecule is COc1ccc2c(c1)C[C@@H](C)[C@H](c1ccccc1)O2. The predicted molar refractivity (Wildman–Crippen MR) is 75.7 cm³/mol. The van der Waals surface area contributed by atoms with Crippen LogP contribution in [0.2, 0.25) is 0 Å². The molecule has 1 aliphatic rings. The molecule has 3 rings (SSSR count). The molecule has 1 heterocycles. The minimum atomic E-state index is 0.141. The molecule has 0 aromatic heterocycles. The van der Waals surface area contributed by atoms with E-state index in [1.165, 1.54) is 11.1 Å². The molecule has 0 bridgehead atoms. The van der Waals surface area contributed by atoms with Crippen LogP contribution in [0.5, 0.6) is 11.5 Å². The van der Waals surface area contributed by atoms with Gasteiger partial charge in [-0.15, -0.1) is 0 Å². The second kappa shape index (κ2) is 4.96. The molecule has 0 spiro atoms. The van der Waals surface area contributed by atoms with Crippen molar-refractivity contribution in [1.29, 1.82) is 0 Å². The first kappa shape index (κ1) is 12.1. The molecule has 1 aliphatic heterocycles. The highest BCUT2D eigenvalue weighted by atomic mass is 16.5. The van der Waals surface area contributed by atoms with E-state index in [0.29, 0.717) is 5.92 Å². The maximum Gasteiger partial charge on any atom is 0.127 e. The van der Waals surface area contributed by atoms with E-state index in [1.807, 2.05) is 18.2 Å². The first-order valence-corrected chi connectivity index (χ1v) is 6.66. The van der Waals surface area contributed by atoms with Crippen molar-refractivity contribution in [1.82, 2.24) is 0 Å². The Labute approximate surface area is 114 Å². The normalized spacial score (nSPS) is 21.4. The second-order valence-corrected chi connectivity index (χ2v) is 5.10. The van der Waals surface area contributed by atoms with Crippen LogP contribution in [0.4, 0.5) is 0 Å². The van der Waals surface area contributed by atoms with Crippen molar-refractivity contribution in [3.8, 4) is 11.5 Å². The molecule has 2 heteroatoms. The van der Waals surface area contributed by atoms with Crippen LogP contribution in [0.1, 0.15) is 24.2 Å². The fraction of sp³-hybridized carbons (Fsp3) is 0.294. The smallest absolute Gasteiger partial charge is 0.127 e. The first-order chi connectivity index (χ1) is 9.28. The minimum absolute atomic E-state index is 0.141. The average molecular weight is 254 g/mol. The van der Waals surface area contributed by atoms with E-state index < -0.39 is 0 Å². The third-order valence-corrected chi connectivity index (χ3v) is 3.71. The molecule has 0 saturated carbocycles. The quantitative estimate of drug-likeness (QED) is 0.806. The van der Waals surface area contributed by atoms with Gasteiger partial charge in [0, 0.05) is 5.92 Å². The Kier molecular flexibility index (Phi) is 3.16. The number of benzene rings is 2. The Balaban J connectivity index is 1.92. The first-order valence-electron chi connectivity index (χ1n) is 6.66. The average Bonchev–Trinajstić information content (AvgIpc) is 2.47. The van der Waals surface area contributed by atoms with Crippen molar-refractivity contribution in [2.24, 2.45) is 5.92 Å². The topological polar surface area (TPSA) is 18.5 Å². The standard InChI is InChI=1S/C17H18O2/c1-12-10-14-11-15(18-2)8-9-16(14)19-17(12)13-6-4-3-5-7-13/h3-9,11-12,17H,10H2,1-2H3/t12-,17-/m1/s1.